The molecule has 0 aliphatic heterocycles. The molecule has 2 rings (SSSR count). The third-order valence-corrected chi connectivity index (χ3v) is 2.56. The molecule has 16 heteroatoms. The zero-order chi connectivity index (χ0) is 16.0. The predicted octanol–water partition coefficient (Wildman–Crippen LogP) is -5.47. The van der Waals surface area contributed by atoms with Gasteiger partial charge in [0.1, 0.15) is 0 Å². The normalized spacial score (nSPS) is 11.1. The van der Waals surface area contributed by atoms with Crippen LogP contribution in [0.3, 0.4) is 0 Å². The van der Waals surface area contributed by atoms with Crippen molar-refractivity contribution >= 4 is 46.6 Å². The molecular formula is C6H4Cl4N4Na2O5Ru. The summed E-state index contributed by atoms with van der Waals surface area (Å²) < 4.78 is 44.1. The number of H-pyrrole nitrogens is 1. The Hall–Kier alpha value is 1.52. The number of imidazole rings is 2. The molecule has 9 nitrogen and oxygen atoms in total. The van der Waals surface area contributed by atoms with Gasteiger partial charge in [0, 0.05) is 24.2 Å². The van der Waals surface area contributed by atoms with Crippen molar-refractivity contribution in [3.05, 3.63) is 34.3 Å². The number of nitrogens with one attached hydrogen (secondary N) is 1. The van der Waals surface area contributed by atoms with Gasteiger partial charge in [-0.3, -0.25) is 0 Å². The molecule has 1 N–H and O–H groups in total. The molecule has 0 amide bonds. The van der Waals surface area contributed by atoms with Crippen LogP contribution < -0.4 is 67.0 Å². The van der Waals surface area contributed by atoms with Gasteiger partial charge in [0.2, 0.25) is 5.28 Å². The Morgan fingerprint density at radius 3 is 1.68 bits per heavy atom. The molecule has 2 heterocycles. The van der Waals surface area contributed by atoms with E-state index in [1.165, 1.54) is 0 Å². The third-order valence-electron chi connectivity index (χ3n) is 1.10. The average Bonchev–Trinajstić information content (AvgIpc) is 2.86. The molecule has 0 saturated carbocycles. The first-order valence-corrected chi connectivity index (χ1v) is 9.05. The van der Waals surface area contributed by atoms with Crippen molar-refractivity contribution in [1.29, 1.82) is 0 Å². The maximum atomic E-state index is 8.64. The molecule has 116 valence electrons. The van der Waals surface area contributed by atoms with Crippen LogP contribution in [0.2, 0.25) is 15.6 Å². The van der Waals surface area contributed by atoms with Gasteiger partial charge < -0.3 is 4.98 Å². The molecule has 2 aromatic rings. The smallest absolute Gasteiger partial charge is 0.0919 e. The van der Waals surface area contributed by atoms with Gasteiger partial charge in [-0.25, -0.2) is 14.1 Å². The number of hydrogen-bond acceptors (Lipinski definition) is 7. The SMILES string of the molecule is Clc1nc(Cl)n(Cl)c1Cl.[Na+].[Na+].[O]=[Ru](=[O])(=[O])([O-])[O-].c1c[nH]cn1. The summed E-state index contributed by atoms with van der Waals surface area (Å²) in [4.78, 5) is 9.96. The number of halogens is 4. The second kappa shape index (κ2) is 12.0. The molecule has 0 aromatic carbocycles. The van der Waals surface area contributed by atoms with Crippen molar-refractivity contribution < 1.29 is 91.9 Å². The van der Waals surface area contributed by atoms with Crippen LogP contribution in [0.5, 0.6) is 0 Å². The van der Waals surface area contributed by atoms with Crippen molar-refractivity contribution in [1.82, 2.24) is 19.0 Å². The van der Waals surface area contributed by atoms with Crippen LogP contribution in [0.4, 0.5) is 0 Å². The fraction of sp³-hybridized carbons (Fsp3) is 0. The summed E-state index contributed by atoms with van der Waals surface area (Å²) in [6.07, 6.45) is 5.08. The Bertz CT molecular complexity index is 683. The number of aromatic nitrogens is 4. The molecule has 0 fully saturated rings. The molecule has 0 spiro atoms. The first-order valence-electron chi connectivity index (χ1n) is 4.03. The Labute approximate surface area is 189 Å². The van der Waals surface area contributed by atoms with Crippen LogP contribution in [0, 0.1) is 0 Å². The van der Waals surface area contributed by atoms with Crippen molar-refractivity contribution in [2.45, 2.75) is 0 Å². The summed E-state index contributed by atoms with van der Waals surface area (Å²) in [5.74, 6) is 0. The molecule has 0 unspecified atom stereocenters. The number of aromatic amines is 1. The van der Waals surface area contributed by atoms with Gasteiger partial charge >= 0.3 is 91.9 Å². The van der Waals surface area contributed by atoms with E-state index < -0.39 is 14.2 Å². The summed E-state index contributed by atoms with van der Waals surface area (Å²) >= 11 is 13.9. The standard InChI is InChI=1S/C3Cl4N2.C3H4N2.2Na.5O.Ru/c4-1-2(5)9(7)3(6)8-1;1-2-5-3-4-1;;;;;;;;/h;1-3H,(H,4,5);;;;;;;;/q;;2*+1;;;;2*-1;. The van der Waals surface area contributed by atoms with Crippen molar-refractivity contribution in [2.24, 2.45) is 0 Å². The van der Waals surface area contributed by atoms with Gasteiger partial charge in [-0.2, -0.15) is 0 Å². The molecule has 0 radical (unpaired) electrons. The van der Waals surface area contributed by atoms with E-state index in [2.05, 4.69) is 15.0 Å². The minimum absolute atomic E-state index is 0. The fourth-order valence-corrected chi connectivity index (χ4v) is 1.25. The van der Waals surface area contributed by atoms with E-state index in [1.54, 1.807) is 18.7 Å². The second-order valence-corrected chi connectivity index (χ2v) is 6.88. The van der Waals surface area contributed by atoms with E-state index in [4.69, 9.17) is 65.2 Å². The zero-order valence-electron chi connectivity index (χ0n) is 11.0. The monoisotopic (exact) mass is 500 g/mol. The Balaban J connectivity index is -0.000000247. The topological polar surface area (TPSA) is 144 Å². The summed E-state index contributed by atoms with van der Waals surface area (Å²) in [5, 5.41) is 0.298. The van der Waals surface area contributed by atoms with Crippen molar-refractivity contribution in [3.8, 4) is 0 Å². The molecular weight excluding hydrogens is 497 g/mol. The minimum atomic E-state index is -7.72. The number of hydrogen-bond donors (Lipinski definition) is 1. The Morgan fingerprint density at radius 2 is 1.59 bits per heavy atom. The first kappa shape index (κ1) is 28.3. The molecule has 0 saturated heterocycles. The van der Waals surface area contributed by atoms with E-state index in [9.17, 15) is 0 Å². The number of rotatable bonds is 0. The Morgan fingerprint density at radius 1 is 1.14 bits per heavy atom. The van der Waals surface area contributed by atoms with Crippen molar-refractivity contribution in [2.75, 3.05) is 0 Å². The zero-order valence-corrected chi connectivity index (χ0v) is 19.7. The largest absolute Gasteiger partial charge is 0.351 e. The van der Waals surface area contributed by atoms with E-state index in [1.807, 2.05) is 0 Å². The quantitative estimate of drug-likeness (QED) is 0.355. The second-order valence-electron chi connectivity index (χ2n) is 2.59. The van der Waals surface area contributed by atoms with Crippen LogP contribution in [0.25, 0.3) is 0 Å². The summed E-state index contributed by atoms with van der Waals surface area (Å²) in [5.41, 5.74) is 0. The van der Waals surface area contributed by atoms with Gasteiger partial charge in [-0.05, 0) is 11.6 Å². The summed E-state index contributed by atoms with van der Waals surface area (Å²) in [6, 6.07) is 0. The molecule has 0 aliphatic rings. The van der Waals surface area contributed by atoms with Crippen molar-refractivity contribution in [3.63, 3.8) is 0 Å². The summed E-state index contributed by atoms with van der Waals surface area (Å²) in [7, 11) is 0. The van der Waals surface area contributed by atoms with E-state index in [0.717, 1.165) is 4.09 Å². The van der Waals surface area contributed by atoms with Crippen LogP contribution in [-0.4, -0.2) is 19.0 Å². The van der Waals surface area contributed by atoms with E-state index in [0.29, 0.717) is 0 Å². The average molecular weight is 501 g/mol. The molecule has 22 heavy (non-hydrogen) atoms. The van der Waals surface area contributed by atoms with Crippen LogP contribution >= 0.6 is 46.6 Å². The van der Waals surface area contributed by atoms with Crippen LogP contribution in [-0.2, 0) is 24.9 Å². The van der Waals surface area contributed by atoms with E-state index >= 15 is 0 Å². The number of nitrogens with zero attached hydrogens (tertiary/aromatic N) is 3. The molecule has 0 atom stereocenters. The maximum absolute atomic E-state index is 8.64. The predicted molar refractivity (Wildman–Crippen MR) is 59.2 cm³/mol. The fourth-order valence-electron chi connectivity index (χ4n) is 0.548. The molecule has 0 bridgehead atoms. The maximum Gasteiger partial charge on any atom is 0.0919 e. The molecule has 2 aromatic heterocycles. The van der Waals surface area contributed by atoms with Gasteiger partial charge in [0.05, 0.1) is 6.33 Å². The van der Waals surface area contributed by atoms with Gasteiger partial charge in [0.15, 0.2) is 10.3 Å². The third kappa shape index (κ3) is 17.9. The van der Waals surface area contributed by atoms with Gasteiger partial charge in [-0.1, -0.05) is 23.2 Å². The van der Waals surface area contributed by atoms with E-state index in [-0.39, 0.29) is 74.7 Å². The Kier molecular flexibility index (Phi) is 15.4. The van der Waals surface area contributed by atoms with Gasteiger partial charge in [0.25, 0.3) is 0 Å². The molecule has 0 aliphatic carbocycles. The van der Waals surface area contributed by atoms with Crippen LogP contribution in [0.1, 0.15) is 0 Å². The first-order chi connectivity index (χ1) is 8.86. The van der Waals surface area contributed by atoms with Crippen LogP contribution in [0.15, 0.2) is 18.7 Å². The minimum Gasteiger partial charge on any atom is -0.351 e. The summed E-state index contributed by atoms with van der Waals surface area (Å²) in [6.45, 7) is 0. The van der Waals surface area contributed by atoms with Gasteiger partial charge in [-0.15, -0.1) is 0 Å².